The first-order valence-electron chi connectivity index (χ1n) is 7.23. The van der Waals surface area contributed by atoms with Gasteiger partial charge in [0, 0.05) is 25.0 Å². The van der Waals surface area contributed by atoms with Gasteiger partial charge in [0.1, 0.15) is 0 Å². The van der Waals surface area contributed by atoms with Gasteiger partial charge < -0.3 is 15.2 Å². The first-order valence-corrected chi connectivity index (χ1v) is 7.23. The number of ether oxygens (including phenoxy) is 1. The molecule has 0 aliphatic heterocycles. The largest absolute Gasteiger partial charge is 0.394 e. The molecule has 0 spiro atoms. The molecule has 0 aliphatic rings. The van der Waals surface area contributed by atoms with Gasteiger partial charge in [0.05, 0.1) is 19.8 Å². The van der Waals surface area contributed by atoms with Crippen LogP contribution in [0.4, 0.5) is 0 Å². The molecule has 1 aromatic carbocycles. The maximum absolute atomic E-state index is 8.62. The summed E-state index contributed by atoms with van der Waals surface area (Å²) in [6.45, 7) is 3.98. The van der Waals surface area contributed by atoms with E-state index in [1.54, 1.807) is 6.20 Å². The molecule has 112 valence electrons. The van der Waals surface area contributed by atoms with E-state index in [1.807, 2.05) is 12.3 Å². The number of hydrogen-bond acceptors (Lipinski definition) is 4. The van der Waals surface area contributed by atoms with Crippen LogP contribution in [0, 0.1) is 0 Å². The Hall–Kier alpha value is -1.75. The van der Waals surface area contributed by atoms with Crippen LogP contribution in [0.15, 0.2) is 48.8 Å². The molecule has 1 heterocycles. The van der Waals surface area contributed by atoms with E-state index in [0.29, 0.717) is 13.2 Å². The van der Waals surface area contributed by atoms with Crippen LogP contribution in [0.2, 0.25) is 0 Å². The van der Waals surface area contributed by atoms with Crippen molar-refractivity contribution in [3.8, 4) is 11.1 Å². The van der Waals surface area contributed by atoms with Crippen LogP contribution >= 0.6 is 0 Å². The minimum Gasteiger partial charge on any atom is -0.394 e. The zero-order chi connectivity index (χ0) is 14.9. The number of nitrogens with zero attached hydrogens (tertiary/aromatic N) is 1. The number of rotatable bonds is 8. The number of benzene rings is 1. The third-order valence-corrected chi connectivity index (χ3v) is 3.34. The van der Waals surface area contributed by atoms with E-state index < -0.39 is 0 Å². The number of nitrogens with one attached hydrogen (secondary N) is 1. The molecule has 0 saturated heterocycles. The fourth-order valence-corrected chi connectivity index (χ4v) is 2.13. The molecule has 0 amide bonds. The smallest absolute Gasteiger partial charge is 0.0698 e. The lowest BCUT2D eigenvalue weighted by atomic mass is 10.0. The molecule has 1 aromatic heterocycles. The SMILES string of the molecule is CC(NCCOCCO)c1ccc(-c2cccnc2)cc1. The molecule has 0 bridgehead atoms. The average Bonchev–Trinajstić information content (AvgIpc) is 2.55. The van der Waals surface area contributed by atoms with Gasteiger partial charge in [-0.05, 0) is 29.7 Å². The van der Waals surface area contributed by atoms with Crippen molar-refractivity contribution in [2.75, 3.05) is 26.4 Å². The highest BCUT2D eigenvalue weighted by Gasteiger charge is 2.05. The summed E-state index contributed by atoms with van der Waals surface area (Å²) in [4.78, 5) is 4.14. The van der Waals surface area contributed by atoms with Crippen molar-refractivity contribution in [3.63, 3.8) is 0 Å². The molecule has 2 N–H and O–H groups in total. The van der Waals surface area contributed by atoms with Crippen LogP contribution < -0.4 is 5.32 Å². The van der Waals surface area contributed by atoms with Crippen molar-refractivity contribution in [2.24, 2.45) is 0 Å². The fraction of sp³-hybridized carbons (Fsp3) is 0.353. The number of pyridine rings is 1. The highest BCUT2D eigenvalue weighted by molar-refractivity contribution is 5.62. The van der Waals surface area contributed by atoms with Gasteiger partial charge in [-0.3, -0.25) is 4.98 Å². The summed E-state index contributed by atoms with van der Waals surface area (Å²) in [6.07, 6.45) is 3.65. The lowest BCUT2D eigenvalue weighted by Gasteiger charge is -2.15. The lowest BCUT2D eigenvalue weighted by molar-refractivity contribution is 0.0928. The van der Waals surface area contributed by atoms with E-state index in [1.165, 1.54) is 11.1 Å². The Morgan fingerprint density at radius 3 is 2.62 bits per heavy atom. The number of aliphatic hydroxyl groups is 1. The summed E-state index contributed by atoms with van der Waals surface area (Å²) in [7, 11) is 0. The second kappa shape index (κ2) is 8.52. The molecule has 1 unspecified atom stereocenters. The Morgan fingerprint density at radius 1 is 1.14 bits per heavy atom. The molecule has 4 nitrogen and oxygen atoms in total. The zero-order valence-corrected chi connectivity index (χ0v) is 12.3. The summed E-state index contributed by atoms with van der Waals surface area (Å²) in [5.41, 5.74) is 3.54. The van der Waals surface area contributed by atoms with Gasteiger partial charge in [-0.25, -0.2) is 0 Å². The van der Waals surface area contributed by atoms with Gasteiger partial charge in [-0.2, -0.15) is 0 Å². The lowest BCUT2D eigenvalue weighted by Crippen LogP contribution is -2.23. The second-order valence-corrected chi connectivity index (χ2v) is 4.88. The number of aliphatic hydroxyl groups excluding tert-OH is 1. The molecule has 0 fully saturated rings. The van der Waals surface area contributed by atoms with E-state index in [9.17, 15) is 0 Å². The Morgan fingerprint density at radius 2 is 1.95 bits per heavy atom. The van der Waals surface area contributed by atoms with Crippen LogP contribution in [0.3, 0.4) is 0 Å². The van der Waals surface area contributed by atoms with Gasteiger partial charge >= 0.3 is 0 Å². The van der Waals surface area contributed by atoms with Crippen molar-refractivity contribution in [1.29, 1.82) is 0 Å². The van der Waals surface area contributed by atoms with E-state index >= 15 is 0 Å². The Balaban J connectivity index is 1.87. The van der Waals surface area contributed by atoms with Crippen LogP contribution in [0.1, 0.15) is 18.5 Å². The van der Waals surface area contributed by atoms with Gasteiger partial charge in [-0.15, -0.1) is 0 Å². The van der Waals surface area contributed by atoms with Crippen molar-refractivity contribution in [2.45, 2.75) is 13.0 Å². The van der Waals surface area contributed by atoms with Gasteiger partial charge in [-0.1, -0.05) is 30.3 Å². The quantitative estimate of drug-likeness (QED) is 0.732. The van der Waals surface area contributed by atoms with Crippen LogP contribution in [0.5, 0.6) is 0 Å². The van der Waals surface area contributed by atoms with Crippen LogP contribution in [-0.2, 0) is 4.74 Å². The zero-order valence-electron chi connectivity index (χ0n) is 12.3. The molecule has 0 aliphatic carbocycles. The first kappa shape index (κ1) is 15.6. The van der Waals surface area contributed by atoms with Crippen LogP contribution in [0.25, 0.3) is 11.1 Å². The predicted molar refractivity (Wildman–Crippen MR) is 84.0 cm³/mol. The van der Waals surface area contributed by atoms with Gasteiger partial charge in [0.15, 0.2) is 0 Å². The summed E-state index contributed by atoms with van der Waals surface area (Å²) < 4.78 is 5.23. The maximum Gasteiger partial charge on any atom is 0.0698 e. The predicted octanol–water partition coefficient (Wildman–Crippen LogP) is 2.41. The third kappa shape index (κ3) is 4.93. The number of hydrogen-bond donors (Lipinski definition) is 2. The molecular formula is C17H22N2O2. The minimum atomic E-state index is 0.0748. The topological polar surface area (TPSA) is 54.4 Å². The van der Waals surface area contributed by atoms with Crippen molar-refractivity contribution in [1.82, 2.24) is 10.3 Å². The highest BCUT2D eigenvalue weighted by atomic mass is 16.5. The molecule has 0 radical (unpaired) electrons. The Labute approximate surface area is 125 Å². The Kier molecular flexibility index (Phi) is 6.34. The van der Waals surface area contributed by atoms with E-state index in [0.717, 1.165) is 12.1 Å². The van der Waals surface area contributed by atoms with E-state index in [2.05, 4.69) is 47.6 Å². The monoisotopic (exact) mass is 286 g/mol. The molecule has 2 aromatic rings. The summed E-state index contributed by atoms with van der Waals surface area (Å²) in [6, 6.07) is 12.8. The normalized spacial score (nSPS) is 12.3. The Bertz CT molecular complexity index is 514. The third-order valence-electron chi connectivity index (χ3n) is 3.34. The standard InChI is InChI=1S/C17H22N2O2/c1-14(19-9-11-21-12-10-20)15-4-6-16(7-5-15)17-3-2-8-18-13-17/h2-8,13-14,19-20H,9-12H2,1H3. The first-order chi connectivity index (χ1) is 10.3. The molecule has 2 rings (SSSR count). The summed E-state index contributed by atoms with van der Waals surface area (Å²) in [5, 5.41) is 12.0. The van der Waals surface area contributed by atoms with Gasteiger partial charge in [0.2, 0.25) is 0 Å². The maximum atomic E-state index is 8.62. The molecule has 4 heteroatoms. The van der Waals surface area contributed by atoms with Crippen molar-refractivity contribution < 1.29 is 9.84 Å². The van der Waals surface area contributed by atoms with Crippen molar-refractivity contribution >= 4 is 0 Å². The van der Waals surface area contributed by atoms with Crippen molar-refractivity contribution in [3.05, 3.63) is 54.4 Å². The van der Waals surface area contributed by atoms with E-state index in [-0.39, 0.29) is 12.6 Å². The molecule has 1 atom stereocenters. The van der Waals surface area contributed by atoms with Gasteiger partial charge in [0.25, 0.3) is 0 Å². The minimum absolute atomic E-state index is 0.0748. The van der Waals surface area contributed by atoms with Crippen LogP contribution in [-0.4, -0.2) is 36.5 Å². The molecule has 0 saturated carbocycles. The van der Waals surface area contributed by atoms with E-state index in [4.69, 9.17) is 9.84 Å². The summed E-state index contributed by atoms with van der Waals surface area (Å²) in [5.74, 6) is 0. The molecular weight excluding hydrogens is 264 g/mol. The fourth-order valence-electron chi connectivity index (χ4n) is 2.13. The summed E-state index contributed by atoms with van der Waals surface area (Å²) >= 11 is 0. The highest BCUT2D eigenvalue weighted by Crippen LogP contribution is 2.20. The average molecular weight is 286 g/mol. The number of aromatic nitrogens is 1. The second-order valence-electron chi connectivity index (χ2n) is 4.88. The molecule has 21 heavy (non-hydrogen) atoms.